The second-order valence-electron chi connectivity index (χ2n) is 3.81. The molecule has 1 aromatic heterocycles. The minimum absolute atomic E-state index is 0.172. The summed E-state index contributed by atoms with van der Waals surface area (Å²) in [4.78, 5) is 0. The number of hydrogen-bond donors (Lipinski definition) is 1. The van der Waals surface area contributed by atoms with Gasteiger partial charge in [-0.3, -0.25) is 0 Å². The number of rotatable bonds is 1. The Morgan fingerprint density at radius 1 is 1.00 bits per heavy atom. The van der Waals surface area contributed by atoms with E-state index in [9.17, 15) is 5.11 Å². The molecule has 17 heavy (non-hydrogen) atoms. The molecular weight excluding hydrogens is 280 g/mol. The summed E-state index contributed by atoms with van der Waals surface area (Å²) in [6.07, 6.45) is 0. The highest BCUT2D eigenvalue weighted by Crippen LogP contribution is 2.32. The average molecular weight is 289 g/mol. The molecule has 0 bridgehead atoms. The van der Waals surface area contributed by atoms with Gasteiger partial charge in [0.1, 0.15) is 5.76 Å². The Hall–Kier alpha value is -1.74. The van der Waals surface area contributed by atoms with E-state index in [2.05, 4.69) is 15.9 Å². The Kier molecular flexibility index (Phi) is 2.41. The Morgan fingerprint density at radius 2 is 1.76 bits per heavy atom. The van der Waals surface area contributed by atoms with Crippen LogP contribution in [0.4, 0.5) is 0 Å². The third-order valence-electron chi connectivity index (χ3n) is 2.65. The summed E-state index contributed by atoms with van der Waals surface area (Å²) in [5.41, 5.74) is 1.52. The zero-order valence-electron chi connectivity index (χ0n) is 8.85. The molecular formula is C14H9BrO2. The van der Waals surface area contributed by atoms with Crippen molar-refractivity contribution >= 4 is 26.9 Å². The van der Waals surface area contributed by atoms with E-state index >= 15 is 0 Å². The zero-order chi connectivity index (χ0) is 11.8. The molecule has 2 aromatic carbocycles. The Morgan fingerprint density at radius 3 is 2.47 bits per heavy atom. The van der Waals surface area contributed by atoms with Crippen molar-refractivity contribution in [2.45, 2.75) is 0 Å². The van der Waals surface area contributed by atoms with Crippen LogP contribution in [-0.4, -0.2) is 5.11 Å². The molecule has 3 rings (SSSR count). The van der Waals surface area contributed by atoms with Crippen molar-refractivity contribution in [2.75, 3.05) is 0 Å². The first-order valence-electron chi connectivity index (χ1n) is 5.21. The van der Waals surface area contributed by atoms with Gasteiger partial charge in [0.05, 0.1) is 0 Å². The summed E-state index contributed by atoms with van der Waals surface area (Å²) in [6.45, 7) is 0. The molecule has 1 N–H and O–H groups in total. The fourth-order valence-corrected chi connectivity index (χ4v) is 2.07. The minimum atomic E-state index is 0.172. The molecule has 0 atom stereocenters. The van der Waals surface area contributed by atoms with Crippen LogP contribution in [0.15, 0.2) is 57.4 Å². The van der Waals surface area contributed by atoms with E-state index in [1.54, 1.807) is 12.1 Å². The van der Waals surface area contributed by atoms with Crippen molar-refractivity contribution in [3.05, 3.63) is 53.0 Å². The van der Waals surface area contributed by atoms with E-state index in [-0.39, 0.29) is 5.75 Å². The van der Waals surface area contributed by atoms with E-state index in [1.807, 2.05) is 36.4 Å². The molecule has 84 valence electrons. The van der Waals surface area contributed by atoms with Gasteiger partial charge in [0, 0.05) is 15.4 Å². The summed E-state index contributed by atoms with van der Waals surface area (Å²) >= 11 is 3.39. The maximum absolute atomic E-state index is 9.67. The normalized spacial score (nSPS) is 10.9. The lowest BCUT2D eigenvalue weighted by atomic mass is 10.1. The van der Waals surface area contributed by atoms with Crippen LogP contribution in [0.25, 0.3) is 22.3 Å². The number of phenolic OH excluding ortho intramolecular Hbond substituents is 1. The molecule has 3 heteroatoms. The molecule has 0 aliphatic heterocycles. The van der Waals surface area contributed by atoms with E-state index < -0.39 is 0 Å². The number of halogens is 1. The van der Waals surface area contributed by atoms with E-state index in [0.717, 1.165) is 21.2 Å². The first kappa shape index (κ1) is 10.4. The second-order valence-corrected chi connectivity index (χ2v) is 4.73. The van der Waals surface area contributed by atoms with Gasteiger partial charge in [0.25, 0.3) is 0 Å². The van der Waals surface area contributed by atoms with Crippen LogP contribution in [-0.2, 0) is 0 Å². The lowest BCUT2D eigenvalue weighted by Crippen LogP contribution is -1.71. The van der Waals surface area contributed by atoms with Gasteiger partial charge in [-0.1, -0.05) is 40.2 Å². The standard InChI is InChI=1S/C14H9BrO2/c15-11-6-4-9(5-7-11)13-8-10-2-1-3-12(16)14(10)17-13/h1-8,16H. The third-order valence-corrected chi connectivity index (χ3v) is 3.18. The van der Waals surface area contributed by atoms with Crippen LogP contribution in [0.1, 0.15) is 0 Å². The van der Waals surface area contributed by atoms with Crippen molar-refractivity contribution in [3.63, 3.8) is 0 Å². The van der Waals surface area contributed by atoms with Crippen molar-refractivity contribution in [2.24, 2.45) is 0 Å². The molecule has 0 saturated carbocycles. The smallest absolute Gasteiger partial charge is 0.176 e. The van der Waals surface area contributed by atoms with Crippen molar-refractivity contribution in [3.8, 4) is 17.1 Å². The molecule has 0 aliphatic rings. The third kappa shape index (κ3) is 1.83. The maximum Gasteiger partial charge on any atom is 0.176 e. The predicted molar refractivity (Wildman–Crippen MR) is 71.0 cm³/mol. The number of fused-ring (bicyclic) bond motifs is 1. The predicted octanol–water partition coefficient (Wildman–Crippen LogP) is 4.57. The number of benzene rings is 2. The second kappa shape index (κ2) is 3.93. The van der Waals surface area contributed by atoms with Crippen LogP contribution < -0.4 is 0 Å². The van der Waals surface area contributed by atoms with Crippen LogP contribution >= 0.6 is 15.9 Å². The number of phenols is 1. The summed E-state index contributed by atoms with van der Waals surface area (Å²) in [5, 5.41) is 10.6. The van der Waals surface area contributed by atoms with Crippen molar-refractivity contribution in [1.82, 2.24) is 0 Å². The van der Waals surface area contributed by atoms with Crippen molar-refractivity contribution in [1.29, 1.82) is 0 Å². The molecule has 1 heterocycles. The van der Waals surface area contributed by atoms with Crippen LogP contribution in [0.3, 0.4) is 0 Å². The summed E-state index contributed by atoms with van der Waals surface area (Å²) in [6, 6.07) is 15.1. The fraction of sp³-hybridized carbons (Fsp3) is 0. The zero-order valence-corrected chi connectivity index (χ0v) is 10.4. The van der Waals surface area contributed by atoms with Gasteiger partial charge in [0.2, 0.25) is 0 Å². The van der Waals surface area contributed by atoms with E-state index in [0.29, 0.717) is 5.58 Å². The van der Waals surface area contributed by atoms with Gasteiger partial charge in [-0.15, -0.1) is 0 Å². The molecule has 0 radical (unpaired) electrons. The SMILES string of the molecule is Oc1cccc2cc(-c3ccc(Br)cc3)oc12. The Bertz CT molecular complexity index is 668. The van der Waals surface area contributed by atoms with E-state index in [1.165, 1.54) is 0 Å². The topological polar surface area (TPSA) is 33.4 Å². The molecule has 0 unspecified atom stereocenters. The Labute approximate surface area is 107 Å². The number of aromatic hydroxyl groups is 1. The highest BCUT2D eigenvalue weighted by Gasteiger charge is 2.08. The number of furan rings is 1. The number of para-hydroxylation sites is 1. The number of hydrogen-bond acceptors (Lipinski definition) is 2. The van der Waals surface area contributed by atoms with E-state index in [4.69, 9.17) is 4.42 Å². The van der Waals surface area contributed by atoms with Crippen molar-refractivity contribution < 1.29 is 9.52 Å². The first-order chi connectivity index (χ1) is 8.24. The maximum atomic E-state index is 9.67. The minimum Gasteiger partial charge on any atom is -0.504 e. The average Bonchev–Trinajstić information content (AvgIpc) is 2.75. The molecule has 0 aliphatic carbocycles. The monoisotopic (exact) mass is 288 g/mol. The summed E-state index contributed by atoms with van der Waals surface area (Å²) < 4.78 is 6.69. The molecule has 3 aromatic rings. The molecule has 0 spiro atoms. The lowest BCUT2D eigenvalue weighted by molar-refractivity contribution is 0.466. The molecule has 0 amide bonds. The van der Waals surface area contributed by atoms with Gasteiger partial charge in [-0.05, 0) is 24.3 Å². The Balaban J connectivity index is 2.18. The highest BCUT2D eigenvalue weighted by molar-refractivity contribution is 9.10. The first-order valence-corrected chi connectivity index (χ1v) is 6.01. The molecule has 0 saturated heterocycles. The van der Waals surface area contributed by atoms with Gasteiger partial charge >= 0.3 is 0 Å². The van der Waals surface area contributed by atoms with Crippen LogP contribution in [0.5, 0.6) is 5.75 Å². The largest absolute Gasteiger partial charge is 0.504 e. The fourth-order valence-electron chi connectivity index (χ4n) is 1.80. The lowest BCUT2D eigenvalue weighted by Gasteiger charge is -1.96. The molecule has 0 fully saturated rings. The van der Waals surface area contributed by atoms with Gasteiger partial charge in [-0.25, -0.2) is 0 Å². The quantitative estimate of drug-likeness (QED) is 0.712. The van der Waals surface area contributed by atoms with Crippen LogP contribution in [0, 0.1) is 0 Å². The summed E-state index contributed by atoms with van der Waals surface area (Å²) in [7, 11) is 0. The summed E-state index contributed by atoms with van der Waals surface area (Å²) in [5.74, 6) is 0.930. The highest BCUT2D eigenvalue weighted by atomic mass is 79.9. The van der Waals surface area contributed by atoms with Gasteiger partial charge < -0.3 is 9.52 Å². The van der Waals surface area contributed by atoms with Gasteiger partial charge in [0.15, 0.2) is 11.3 Å². The van der Waals surface area contributed by atoms with Crippen LogP contribution in [0.2, 0.25) is 0 Å². The molecule has 2 nitrogen and oxygen atoms in total. The van der Waals surface area contributed by atoms with Gasteiger partial charge in [-0.2, -0.15) is 0 Å².